The number of carbonyl (C=O) groups is 1. The number of amides is 1. The summed E-state index contributed by atoms with van der Waals surface area (Å²) < 4.78 is 10.7. The van der Waals surface area contributed by atoms with Crippen LogP contribution in [0.2, 0.25) is 5.02 Å². The highest BCUT2D eigenvalue weighted by Gasteiger charge is 2.05. The highest BCUT2D eigenvalue weighted by molar-refractivity contribution is 6.31. The second-order valence-electron chi connectivity index (χ2n) is 5.21. The van der Waals surface area contributed by atoms with Crippen LogP contribution in [0, 0.1) is 0 Å². The number of benzene rings is 2. The van der Waals surface area contributed by atoms with E-state index in [0.29, 0.717) is 37.7 Å². The van der Waals surface area contributed by atoms with Gasteiger partial charge in [0.1, 0.15) is 12.4 Å². The highest BCUT2D eigenvalue weighted by atomic mass is 35.5. The summed E-state index contributed by atoms with van der Waals surface area (Å²) in [7, 11) is 0. The first-order chi connectivity index (χ1) is 11.7. The van der Waals surface area contributed by atoms with Crippen molar-refractivity contribution in [2.75, 3.05) is 25.1 Å². The zero-order chi connectivity index (χ0) is 17.2. The molecule has 2 aromatic rings. The van der Waals surface area contributed by atoms with Crippen molar-refractivity contribution in [2.45, 2.75) is 19.8 Å². The predicted molar refractivity (Wildman–Crippen MR) is 96.8 cm³/mol. The Morgan fingerprint density at radius 2 is 1.83 bits per heavy atom. The third kappa shape index (κ3) is 6.22. The van der Waals surface area contributed by atoms with Gasteiger partial charge in [-0.15, -0.1) is 0 Å². The van der Waals surface area contributed by atoms with Crippen molar-refractivity contribution in [2.24, 2.45) is 0 Å². The number of carbonyl (C=O) groups excluding carboxylic acids is 1. The van der Waals surface area contributed by atoms with Gasteiger partial charge in [0, 0.05) is 23.7 Å². The number of halogens is 1. The van der Waals surface area contributed by atoms with Gasteiger partial charge in [-0.25, -0.2) is 0 Å². The molecule has 0 saturated carbocycles. The molecule has 0 fully saturated rings. The lowest BCUT2D eigenvalue weighted by molar-refractivity contribution is -0.116. The van der Waals surface area contributed by atoms with Crippen LogP contribution < -0.4 is 10.1 Å². The number of ether oxygens (including phenoxy) is 2. The number of rotatable bonds is 9. The van der Waals surface area contributed by atoms with Gasteiger partial charge in [0.2, 0.25) is 5.91 Å². The Kier molecular flexibility index (Phi) is 7.59. The van der Waals surface area contributed by atoms with Gasteiger partial charge in [-0.3, -0.25) is 4.79 Å². The van der Waals surface area contributed by atoms with Crippen LogP contribution in [0.5, 0.6) is 5.75 Å². The van der Waals surface area contributed by atoms with Gasteiger partial charge in [-0.2, -0.15) is 0 Å². The smallest absolute Gasteiger partial charge is 0.224 e. The minimum Gasteiger partial charge on any atom is -0.491 e. The van der Waals surface area contributed by atoms with Crippen LogP contribution in [0.3, 0.4) is 0 Å². The Labute approximate surface area is 147 Å². The fourth-order valence-corrected chi connectivity index (χ4v) is 2.40. The minimum atomic E-state index is -0.0417. The van der Waals surface area contributed by atoms with Gasteiger partial charge in [-0.1, -0.05) is 29.8 Å². The van der Waals surface area contributed by atoms with Gasteiger partial charge in [0.05, 0.1) is 6.61 Å². The second-order valence-corrected chi connectivity index (χ2v) is 5.62. The van der Waals surface area contributed by atoms with Gasteiger partial charge in [0.15, 0.2) is 0 Å². The highest BCUT2D eigenvalue weighted by Crippen LogP contribution is 2.18. The second kappa shape index (κ2) is 9.96. The Hall–Kier alpha value is -2.04. The number of nitrogens with one attached hydrogen (secondary N) is 1. The summed E-state index contributed by atoms with van der Waals surface area (Å²) in [5, 5.41) is 3.57. The molecule has 4 nitrogen and oxygen atoms in total. The van der Waals surface area contributed by atoms with E-state index in [4.69, 9.17) is 21.1 Å². The maximum atomic E-state index is 12.0. The molecule has 2 rings (SSSR count). The van der Waals surface area contributed by atoms with E-state index in [2.05, 4.69) is 5.32 Å². The lowest BCUT2D eigenvalue weighted by Crippen LogP contribution is -2.12. The van der Waals surface area contributed by atoms with Crippen LogP contribution in [0.1, 0.15) is 18.9 Å². The van der Waals surface area contributed by atoms with Crippen molar-refractivity contribution >= 4 is 23.2 Å². The monoisotopic (exact) mass is 347 g/mol. The van der Waals surface area contributed by atoms with Gasteiger partial charge in [0.25, 0.3) is 0 Å². The van der Waals surface area contributed by atoms with Crippen LogP contribution >= 0.6 is 11.6 Å². The summed E-state index contributed by atoms with van der Waals surface area (Å²) in [6, 6.07) is 14.9. The summed E-state index contributed by atoms with van der Waals surface area (Å²) in [4.78, 5) is 12.0. The van der Waals surface area contributed by atoms with E-state index in [1.807, 2.05) is 55.5 Å². The van der Waals surface area contributed by atoms with E-state index in [-0.39, 0.29) is 5.91 Å². The predicted octanol–water partition coefficient (Wildman–Crippen LogP) is 4.33. The summed E-state index contributed by atoms with van der Waals surface area (Å²) in [6.07, 6.45) is 1.00. The van der Waals surface area contributed by atoms with E-state index in [1.54, 1.807) is 0 Å². The lowest BCUT2D eigenvalue weighted by atomic mass is 10.1. The molecule has 0 aliphatic heterocycles. The molecule has 24 heavy (non-hydrogen) atoms. The fraction of sp³-hybridized carbons (Fsp3) is 0.316. The maximum absolute atomic E-state index is 12.0. The normalized spacial score (nSPS) is 10.4. The quantitative estimate of drug-likeness (QED) is 0.687. The molecular formula is C19H22ClNO3. The van der Waals surface area contributed by atoms with Crippen molar-refractivity contribution in [3.63, 3.8) is 0 Å². The van der Waals surface area contributed by atoms with Crippen LogP contribution in [0.25, 0.3) is 0 Å². The third-order valence-electron chi connectivity index (χ3n) is 3.42. The molecule has 0 aliphatic rings. The van der Waals surface area contributed by atoms with Crippen LogP contribution in [0.4, 0.5) is 5.69 Å². The molecule has 0 unspecified atom stereocenters. The zero-order valence-electron chi connectivity index (χ0n) is 13.8. The molecule has 2 aromatic carbocycles. The Morgan fingerprint density at radius 1 is 1.08 bits per heavy atom. The number of aryl methyl sites for hydroxylation is 1. The first-order valence-corrected chi connectivity index (χ1v) is 8.40. The molecule has 0 heterocycles. The summed E-state index contributed by atoms with van der Waals surface area (Å²) >= 11 is 6.09. The lowest BCUT2D eigenvalue weighted by Gasteiger charge is -2.09. The third-order valence-corrected chi connectivity index (χ3v) is 3.79. The number of hydrogen-bond donors (Lipinski definition) is 1. The maximum Gasteiger partial charge on any atom is 0.224 e. The van der Waals surface area contributed by atoms with E-state index < -0.39 is 0 Å². The molecule has 0 bridgehead atoms. The van der Waals surface area contributed by atoms with E-state index in [9.17, 15) is 4.79 Å². The summed E-state index contributed by atoms with van der Waals surface area (Å²) in [5.41, 5.74) is 1.73. The molecule has 0 spiro atoms. The van der Waals surface area contributed by atoms with Crippen molar-refractivity contribution in [3.05, 3.63) is 59.1 Å². The molecule has 1 N–H and O–H groups in total. The van der Waals surface area contributed by atoms with Gasteiger partial charge in [-0.05, 0) is 49.2 Å². The van der Waals surface area contributed by atoms with Crippen molar-refractivity contribution in [3.8, 4) is 5.75 Å². The van der Waals surface area contributed by atoms with E-state index >= 15 is 0 Å². The molecule has 0 aliphatic carbocycles. The van der Waals surface area contributed by atoms with E-state index in [0.717, 1.165) is 17.0 Å². The van der Waals surface area contributed by atoms with Crippen molar-refractivity contribution < 1.29 is 14.3 Å². The Morgan fingerprint density at radius 3 is 2.54 bits per heavy atom. The van der Waals surface area contributed by atoms with Crippen LogP contribution in [-0.4, -0.2) is 25.7 Å². The molecule has 128 valence electrons. The minimum absolute atomic E-state index is 0.0417. The zero-order valence-corrected chi connectivity index (χ0v) is 14.5. The topological polar surface area (TPSA) is 47.6 Å². The van der Waals surface area contributed by atoms with Crippen molar-refractivity contribution in [1.82, 2.24) is 0 Å². The first kappa shape index (κ1) is 18.3. The molecule has 5 heteroatoms. The number of anilines is 1. The SMILES string of the molecule is CCOCCOc1ccc(NC(=O)CCc2ccccc2Cl)cc1. The summed E-state index contributed by atoms with van der Waals surface area (Å²) in [6.45, 7) is 3.71. The molecule has 0 saturated heterocycles. The Bertz CT molecular complexity index is 643. The van der Waals surface area contributed by atoms with Crippen molar-refractivity contribution in [1.29, 1.82) is 0 Å². The Balaban J connectivity index is 1.76. The first-order valence-electron chi connectivity index (χ1n) is 8.03. The average Bonchev–Trinajstić information content (AvgIpc) is 2.59. The molecular weight excluding hydrogens is 326 g/mol. The molecule has 0 radical (unpaired) electrons. The largest absolute Gasteiger partial charge is 0.491 e. The van der Waals surface area contributed by atoms with E-state index in [1.165, 1.54) is 0 Å². The fourth-order valence-electron chi connectivity index (χ4n) is 2.17. The van der Waals surface area contributed by atoms with Crippen LogP contribution in [0.15, 0.2) is 48.5 Å². The standard InChI is InChI=1S/C19H22ClNO3/c1-2-23-13-14-24-17-10-8-16(9-11-17)21-19(22)12-7-15-5-3-4-6-18(15)20/h3-6,8-11H,2,7,12-14H2,1H3,(H,21,22). The van der Waals surface area contributed by atoms with Gasteiger partial charge >= 0.3 is 0 Å². The molecule has 0 aromatic heterocycles. The summed E-state index contributed by atoms with van der Waals surface area (Å²) in [5.74, 6) is 0.712. The van der Waals surface area contributed by atoms with Crippen LogP contribution in [-0.2, 0) is 16.0 Å². The molecule has 0 atom stereocenters. The molecule has 1 amide bonds. The van der Waals surface area contributed by atoms with Gasteiger partial charge < -0.3 is 14.8 Å². The average molecular weight is 348 g/mol. The number of hydrogen-bond acceptors (Lipinski definition) is 3.